The normalized spacial score (nSPS) is 12.5. The first-order valence-corrected chi connectivity index (χ1v) is 8.56. The number of amides is 1. The van der Waals surface area contributed by atoms with Crippen LogP contribution >= 0.6 is 11.8 Å². The molecule has 0 unspecified atom stereocenters. The Morgan fingerprint density at radius 1 is 1.55 bits per heavy atom. The molecule has 22 heavy (non-hydrogen) atoms. The zero-order valence-corrected chi connectivity index (χ0v) is 13.6. The third-order valence-corrected chi connectivity index (χ3v) is 4.22. The molecule has 1 aromatic carbocycles. The van der Waals surface area contributed by atoms with Crippen molar-refractivity contribution in [2.24, 2.45) is 12.8 Å². The number of nitrogens with one attached hydrogen (secondary N) is 1. The molecule has 0 spiro atoms. The summed E-state index contributed by atoms with van der Waals surface area (Å²) in [5.41, 5.74) is 6.91. The second-order valence-corrected chi connectivity index (χ2v) is 6.11. The number of rotatable bonds is 7. The molecule has 0 radical (unpaired) electrons. The van der Waals surface area contributed by atoms with Crippen LogP contribution in [0.1, 0.15) is 12.2 Å². The van der Waals surface area contributed by atoms with Gasteiger partial charge >= 0.3 is 0 Å². The molecule has 1 amide bonds. The van der Waals surface area contributed by atoms with Crippen molar-refractivity contribution in [3.8, 4) is 0 Å². The topological polar surface area (TPSA) is 72.9 Å². The summed E-state index contributed by atoms with van der Waals surface area (Å²) >= 11 is 1.66. The van der Waals surface area contributed by atoms with Gasteiger partial charge in [-0.25, -0.2) is 9.37 Å². The summed E-state index contributed by atoms with van der Waals surface area (Å²) in [4.78, 5) is 16.1. The highest BCUT2D eigenvalue weighted by Crippen LogP contribution is 2.17. The van der Waals surface area contributed by atoms with E-state index in [1.54, 1.807) is 17.8 Å². The largest absolute Gasteiger partial charge is 0.354 e. The monoisotopic (exact) mass is 324 g/mol. The van der Waals surface area contributed by atoms with Crippen LogP contribution in [-0.2, 0) is 18.3 Å². The van der Waals surface area contributed by atoms with Crippen molar-refractivity contribution in [1.29, 1.82) is 0 Å². The molecule has 0 bridgehead atoms. The average molecular weight is 324 g/mol. The molecular formula is C15H21FN4OS. The number of imidazole rings is 1. The van der Waals surface area contributed by atoms with Gasteiger partial charge in [0.1, 0.15) is 11.3 Å². The van der Waals surface area contributed by atoms with Crippen molar-refractivity contribution in [2.45, 2.75) is 18.9 Å². The van der Waals surface area contributed by atoms with Gasteiger partial charge in [-0.05, 0) is 30.6 Å². The Bertz CT molecular complexity index is 658. The highest BCUT2D eigenvalue weighted by molar-refractivity contribution is 7.98. The number of carbonyl (C=O) groups is 1. The minimum atomic E-state index is -0.481. The molecule has 0 aliphatic rings. The maximum Gasteiger partial charge on any atom is 0.236 e. The number of benzene rings is 1. The summed E-state index contributed by atoms with van der Waals surface area (Å²) in [7, 11) is 1.84. The lowest BCUT2D eigenvalue weighted by Gasteiger charge is -2.11. The van der Waals surface area contributed by atoms with E-state index < -0.39 is 6.04 Å². The predicted molar refractivity (Wildman–Crippen MR) is 88.4 cm³/mol. The Morgan fingerprint density at radius 2 is 2.32 bits per heavy atom. The number of hydrogen-bond donors (Lipinski definition) is 2. The molecule has 120 valence electrons. The number of carbonyl (C=O) groups excluding carboxylic acids is 1. The van der Waals surface area contributed by atoms with E-state index in [0.717, 1.165) is 17.1 Å². The van der Waals surface area contributed by atoms with E-state index in [9.17, 15) is 9.18 Å². The molecule has 2 aromatic rings. The molecule has 7 heteroatoms. The smallest absolute Gasteiger partial charge is 0.236 e. The SMILES string of the molecule is CSCC[C@H](N)C(=O)NCCc1nc2c(F)cccc2n1C. The Balaban J connectivity index is 1.94. The van der Waals surface area contributed by atoms with E-state index >= 15 is 0 Å². The predicted octanol–water partition coefficient (Wildman–Crippen LogP) is 1.45. The number of nitrogens with zero attached hydrogens (tertiary/aromatic N) is 2. The molecule has 5 nitrogen and oxygen atoms in total. The van der Waals surface area contributed by atoms with Gasteiger partial charge in [0.05, 0.1) is 11.6 Å². The molecule has 3 N–H and O–H groups in total. The van der Waals surface area contributed by atoms with Crippen LogP contribution in [0.5, 0.6) is 0 Å². The minimum Gasteiger partial charge on any atom is -0.354 e. The van der Waals surface area contributed by atoms with Crippen LogP contribution in [0.3, 0.4) is 0 Å². The fourth-order valence-corrected chi connectivity index (χ4v) is 2.75. The van der Waals surface area contributed by atoms with Crippen LogP contribution in [0.4, 0.5) is 4.39 Å². The average Bonchev–Trinajstić information content (AvgIpc) is 2.83. The van der Waals surface area contributed by atoms with Gasteiger partial charge in [0, 0.05) is 20.0 Å². The van der Waals surface area contributed by atoms with Gasteiger partial charge in [-0.2, -0.15) is 11.8 Å². The van der Waals surface area contributed by atoms with Gasteiger partial charge in [0.2, 0.25) is 5.91 Å². The number of aryl methyl sites for hydroxylation is 1. The zero-order valence-electron chi connectivity index (χ0n) is 12.8. The molecule has 1 aromatic heterocycles. The first kappa shape index (κ1) is 16.8. The highest BCUT2D eigenvalue weighted by Gasteiger charge is 2.14. The summed E-state index contributed by atoms with van der Waals surface area (Å²) in [6.45, 7) is 0.435. The van der Waals surface area contributed by atoms with E-state index in [1.165, 1.54) is 6.07 Å². The van der Waals surface area contributed by atoms with Gasteiger partial charge in [0.25, 0.3) is 0 Å². The lowest BCUT2D eigenvalue weighted by molar-refractivity contribution is -0.122. The molecule has 0 saturated heterocycles. The number of fused-ring (bicyclic) bond motifs is 1. The van der Waals surface area contributed by atoms with Crippen molar-refractivity contribution in [3.05, 3.63) is 29.8 Å². The molecule has 1 heterocycles. The number of para-hydroxylation sites is 1. The van der Waals surface area contributed by atoms with E-state index in [4.69, 9.17) is 5.73 Å². The Labute approximate surface area is 133 Å². The number of aromatic nitrogens is 2. The minimum absolute atomic E-state index is 0.154. The standard InChI is InChI=1S/C15H21FN4OS/c1-20-12-5-3-4-10(16)14(12)19-13(20)6-8-18-15(21)11(17)7-9-22-2/h3-5,11H,6-9,17H2,1-2H3,(H,18,21)/t11-/m0/s1. The van der Waals surface area contributed by atoms with E-state index in [2.05, 4.69) is 10.3 Å². The van der Waals surface area contributed by atoms with E-state index in [0.29, 0.717) is 24.9 Å². The number of halogens is 1. The maximum atomic E-state index is 13.7. The molecule has 2 rings (SSSR count). The maximum absolute atomic E-state index is 13.7. The molecule has 1 atom stereocenters. The van der Waals surface area contributed by atoms with Crippen LogP contribution in [0, 0.1) is 5.82 Å². The third-order valence-electron chi connectivity index (χ3n) is 3.57. The van der Waals surface area contributed by atoms with Crippen molar-refractivity contribution in [2.75, 3.05) is 18.6 Å². The summed E-state index contributed by atoms with van der Waals surface area (Å²) in [5, 5.41) is 2.81. The van der Waals surface area contributed by atoms with Gasteiger partial charge in [-0.1, -0.05) is 6.07 Å². The summed E-state index contributed by atoms with van der Waals surface area (Å²) in [6, 6.07) is 4.40. The quantitative estimate of drug-likeness (QED) is 0.808. The van der Waals surface area contributed by atoms with Crippen molar-refractivity contribution >= 4 is 28.7 Å². The van der Waals surface area contributed by atoms with E-state index in [1.807, 2.05) is 23.9 Å². The zero-order chi connectivity index (χ0) is 16.1. The molecule has 0 fully saturated rings. The summed E-state index contributed by atoms with van der Waals surface area (Å²) in [5.74, 6) is 1.11. The number of nitrogens with two attached hydrogens (primary N) is 1. The highest BCUT2D eigenvalue weighted by atomic mass is 32.2. The fourth-order valence-electron chi connectivity index (χ4n) is 2.26. The first-order chi connectivity index (χ1) is 10.5. The van der Waals surface area contributed by atoms with Gasteiger partial charge in [-0.15, -0.1) is 0 Å². The first-order valence-electron chi connectivity index (χ1n) is 7.16. The fraction of sp³-hybridized carbons (Fsp3) is 0.467. The van der Waals surface area contributed by atoms with Crippen LogP contribution in [0.15, 0.2) is 18.2 Å². The Morgan fingerprint density at radius 3 is 3.00 bits per heavy atom. The van der Waals surface area contributed by atoms with Crippen LogP contribution in [0.2, 0.25) is 0 Å². The Kier molecular flexibility index (Phi) is 5.79. The van der Waals surface area contributed by atoms with Crippen LogP contribution < -0.4 is 11.1 Å². The molecule has 0 aliphatic carbocycles. The molecular weight excluding hydrogens is 303 g/mol. The lowest BCUT2D eigenvalue weighted by Crippen LogP contribution is -2.41. The van der Waals surface area contributed by atoms with Crippen LogP contribution in [-0.4, -0.2) is 40.1 Å². The van der Waals surface area contributed by atoms with Gasteiger partial charge in [0.15, 0.2) is 5.82 Å². The van der Waals surface area contributed by atoms with Crippen LogP contribution in [0.25, 0.3) is 11.0 Å². The second-order valence-electron chi connectivity index (χ2n) is 5.12. The van der Waals surface area contributed by atoms with Gasteiger partial charge in [-0.3, -0.25) is 4.79 Å². The van der Waals surface area contributed by atoms with Crippen molar-refractivity contribution < 1.29 is 9.18 Å². The summed E-state index contributed by atoms with van der Waals surface area (Å²) < 4.78 is 15.5. The molecule has 0 aliphatic heterocycles. The van der Waals surface area contributed by atoms with Gasteiger partial charge < -0.3 is 15.6 Å². The molecule has 0 saturated carbocycles. The number of thioether (sulfide) groups is 1. The summed E-state index contributed by atoms with van der Waals surface area (Å²) in [6.07, 6.45) is 3.17. The van der Waals surface area contributed by atoms with Crippen molar-refractivity contribution in [3.63, 3.8) is 0 Å². The lowest BCUT2D eigenvalue weighted by atomic mass is 10.2. The Hall–Kier alpha value is -1.60. The second kappa shape index (κ2) is 7.60. The van der Waals surface area contributed by atoms with Crippen molar-refractivity contribution in [1.82, 2.24) is 14.9 Å². The third kappa shape index (κ3) is 3.78. The van der Waals surface area contributed by atoms with E-state index in [-0.39, 0.29) is 11.7 Å². The number of hydrogen-bond acceptors (Lipinski definition) is 4.